The Bertz CT molecular complexity index is 1540. The minimum atomic E-state index is -0.610. The average Bonchev–Trinajstić information content (AvgIpc) is 3.28. The van der Waals surface area contributed by atoms with E-state index in [0.717, 1.165) is 16.5 Å². The van der Waals surface area contributed by atoms with E-state index in [2.05, 4.69) is 20.6 Å². The van der Waals surface area contributed by atoms with E-state index in [1.165, 1.54) is 12.1 Å². The smallest absolute Gasteiger partial charge is 0.254 e. The molecule has 0 bridgehead atoms. The molecule has 0 fully saturated rings. The molecule has 1 N–H and O–H groups in total. The molecule has 3 aromatic heterocycles. The van der Waals surface area contributed by atoms with Crippen LogP contribution >= 0.6 is 0 Å². The summed E-state index contributed by atoms with van der Waals surface area (Å²) in [6.07, 6.45) is 1.77. The fourth-order valence-corrected chi connectivity index (χ4v) is 4.17. The summed E-state index contributed by atoms with van der Waals surface area (Å²) in [7, 11) is 0. The van der Waals surface area contributed by atoms with Crippen LogP contribution in [0.5, 0.6) is 0 Å². The molecule has 0 aliphatic rings. The number of hydrogen-bond donors (Lipinski definition) is 1. The molecule has 0 atom stereocenters. The van der Waals surface area contributed by atoms with Gasteiger partial charge in [-0.2, -0.15) is 0 Å². The molecule has 0 saturated carbocycles. The summed E-state index contributed by atoms with van der Waals surface area (Å²) in [4.78, 5) is 21.4. The normalized spacial score (nSPS) is 11.8. The van der Waals surface area contributed by atoms with E-state index in [0.29, 0.717) is 29.0 Å². The maximum atomic E-state index is 14.7. The fourth-order valence-electron chi connectivity index (χ4n) is 4.17. The Hall–Kier alpha value is -4.20. The van der Waals surface area contributed by atoms with E-state index in [4.69, 9.17) is 4.98 Å². The van der Waals surface area contributed by atoms with Crippen LogP contribution in [-0.4, -0.2) is 37.4 Å². The second-order valence-corrected chi connectivity index (χ2v) is 8.53. The molecule has 0 spiro atoms. The SMILES string of the molecule is CCNC(=O)c1ccc(-c2ccc3nnn(C(C)(C)c4cccc5cccnc45)c3n2)cc1F. The number of pyridine rings is 2. The van der Waals surface area contributed by atoms with Crippen molar-refractivity contribution in [2.75, 3.05) is 6.54 Å². The number of nitrogens with one attached hydrogen (secondary N) is 1. The molecule has 0 saturated heterocycles. The van der Waals surface area contributed by atoms with Crippen LogP contribution in [0.25, 0.3) is 33.3 Å². The van der Waals surface area contributed by atoms with Gasteiger partial charge in [-0.3, -0.25) is 9.78 Å². The molecule has 0 aliphatic carbocycles. The zero-order valence-electron chi connectivity index (χ0n) is 19.1. The number of aromatic nitrogens is 5. The number of benzene rings is 2. The first-order chi connectivity index (χ1) is 16.4. The first-order valence-electron chi connectivity index (χ1n) is 11.1. The summed E-state index contributed by atoms with van der Waals surface area (Å²) in [6, 6.07) is 18.1. The fraction of sp³-hybridized carbons (Fsp3) is 0.192. The molecule has 2 aromatic carbocycles. The number of nitrogens with zero attached hydrogens (tertiary/aromatic N) is 5. The summed E-state index contributed by atoms with van der Waals surface area (Å²) < 4.78 is 16.4. The van der Waals surface area contributed by atoms with Crippen LogP contribution in [0.2, 0.25) is 0 Å². The minimum absolute atomic E-state index is 0.00276. The van der Waals surface area contributed by atoms with Gasteiger partial charge in [-0.1, -0.05) is 35.5 Å². The van der Waals surface area contributed by atoms with Gasteiger partial charge in [-0.25, -0.2) is 14.1 Å². The average molecular weight is 455 g/mol. The molecule has 1 amide bonds. The van der Waals surface area contributed by atoms with Crippen molar-refractivity contribution in [3.05, 3.63) is 83.8 Å². The number of rotatable bonds is 5. The Morgan fingerprint density at radius 3 is 2.71 bits per heavy atom. The molecule has 34 heavy (non-hydrogen) atoms. The Labute approximate surface area is 195 Å². The first kappa shape index (κ1) is 21.6. The highest BCUT2D eigenvalue weighted by atomic mass is 19.1. The third-order valence-corrected chi connectivity index (χ3v) is 5.97. The molecule has 5 rings (SSSR count). The van der Waals surface area contributed by atoms with Crippen molar-refractivity contribution in [2.24, 2.45) is 0 Å². The molecular formula is C26H23FN6O. The monoisotopic (exact) mass is 454 g/mol. The van der Waals surface area contributed by atoms with Crippen LogP contribution in [0.15, 0.2) is 66.9 Å². The number of halogens is 1. The van der Waals surface area contributed by atoms with Gasteiger partial charge in [0.2, 0.25) is 0 Å². The lowest BCUT2D eigenvalue weighted by Gasteiger charge is -2.26. The van der Waals surface area contributed by atoms with Crippen LogP contribution in [0.3, 0.4) is 0 Å². The van der Waals surface area contributed by atoms with Crippen molar-refractivity contribution in [3.8, 4) is 11.3 Å². The standard InChI is InChI=1S/C26H23FN6O/c1-4-28-25(34)18-11-10-17(15-20(18)27)21-12-13-22-24(30-21)33(32-31-22)26(2,3)19-9-5-7-16-8-6-14-29-23(16)19/h5-15H,4H2,1-3H3,(H,28,34). The number of carbonyl (C=O) groups is 1. The van der Waals surface area contributed by atoms with E-state index >= 15 is 0 Å². The highest BCUT2D eigenvalue weighted by Gasteiger charge is 2.29. The topological polar surface area (TPSA) is 85.6 Å². The van der Waals surface area contributed by atoms with E-state index in [9.17, 15) is 9.18 Å². The first-order valence-corrected chi connectivity index (χ1v) is 11.1. The zero-order chi connectivity index (χ0) is 23.9. The number of carbonyl (C=O) groups excluding carboxylic acids is 1. The van der Waals surface area contributed by atoms with Crippen molar-refractivity contribution in [2.45, 2.75) is 26.3 Å². The lowest BCUT2D eigenvalue weighted by atomic mass is 9.92. The Morgan fingerprint density at radius 2 is 1.91 bits per heavy atom. The number of para-hydroxylation sites is 1. The van der Waals surface area contributed by atoms with Gasteiger partial charge in [-0.05, 0) is 51.1 Å². The van der Waals surface area contributed by atoms with E-state index < -0.39 is 17.3 Å². The molecule has 5 aromatic rings. The number of hydrogen-bond acceptors (Lipinski definition) is 5. The maximum Gasteiger partial charge on any atom is 0.254 e. The van der Waals surface area contributed by atoms with Crippen LogP contribution in [0, 0.1) is 5.82 Å². The predicted octanol–water partition coefficient (Wildman–Crippen LogP) is 4.71. The summed E-state index contributed by atoms with van der Waals surface area (Å²) in [5.41, 5.74) is 3.59. The van der Waals surface area contributed by atoms with E-state index in [-0.39, 0.29) is 5.56 Å². The summed E-state index contributed by atoms with van der Waals surface area (Å²) in [5, 5.41) is 12.4. The van der Waals surface area contributed by atoms with Gasteiger partial charge < -0.3 is 5.32 Å². The van der Waals surface area contributed by atoms with Crippen LogP contribution in [-0.2, 0) is 5.54 Å². The Morgan fingerprint density at radius 1 is 1.09 bits per heavy atom. The summed E-state index contributed by atoms with van der Waals surface area (Å²) in [6.45, 7) is 6.30. The van der Waals surface area contributed by atoms with Crippen molar-refractivity contribution >= 4 is 28.0 Å². The quantitative estimate of drug-likeness (QED) is 0.416. The van der Waals surface area contributed by atoms with Gasteiger partial charge >= 0.3 is 0 Å². The van der Waals surface area contributed by atoms with Crippen LogP contribution < -0.4 is 5.32 Å². The van der Waals surface area contributed by atoms with Crippen molar-refractivity contribution in [1.82, 2.24) is 30.3 Å². The molecule has 8 heteroatoms. The van der Waals surface area contributed by atoms with Gasteiger partial charge in [0.15, 0.2) is 5.65 Å². The van der Waals surface area contributed by atoms with Crippen molar-refractivity contribution in [3.63, 3.8) is 0 Å². The highest BCUT2D eigenvalue weighted by Crippen LogP contribution is 2.32. The van der Waals surface area contributed by atoms with Gasteiger partial charge in [0.1, 0.15) is 11.3 Å². The zero-order valence-corrected chi connectivity index (χ0v) is 19.1. The van der Waals surface area contributed by atoms with Crippen LogP contribution in [0.1, 0.15) is 36.7 Å². The Kier molecular flexibility index (Phi) is 5.28. The largest absolute Gasteiger partial charge is 0.352 e. The predicted molar refractivity (Wildman–Crippen MR) is 129 cm³/mol. The molecular weight excluding hydrogens is 431 g/mol. The van der Waals surface area contributed by atoms with E-state index in [1.807, 2.05) is 50.2 Å². The molecule has 170 valence electrons. The number of fused-ring (bicyclic) bond motifs is 2. The minimum Gasteiger partial charge on any atom is -0.352 e. The maximum absolute atomic E-state index is 14.7. The summed E-state index contributed by atoms with van der Waals surface area (Å²) >= 11 is 0. The van der Waals surface area contributed by atoms with Crippen molar-refractivity contribution in [1.29, 1.82) is 0 Å². The second kappa shape index (κ2) is 8.30. The molecule has 0 unspecified atom stereocenters. The third-order valence-electron chi connectivity index (χ3n) is 5.97. The van der Waals surface area contributed by atoms with Gasteiger partial charge in [-0.15, -0.1) is 5.10 Å². The number of amides is 1. The molecule has 0 aliphatic heterocycles. The second-order valence-electron chi connectivity index (χ2n) is 8.53. The lowest BCUT2D eigenvalue weighted by molar-refractivity contribution is 0.0952. The van der Waals surface area contributed by atoms with Gasteiger partial charge in [0.05, 0.1) is 22.3 Å². The van der Waals surface area contributed by atoms with E-state index in [1.54, 1.807) is 29.9 Å². The van der Waals surface area contributed by atoms with Gasteiger partial charge in [0, 0.05) is 29.3 Å². The molecule has 0 radical (unpaired) electrons. The highest BCUT2D eigenvalue weighted by molar-refractivity contribution is 5.95. The molecule has 7 nitrogen and oxygen atoms in total. The van der Waals surface area contributed by atoms with Gasteiger partial charge in [0.25, 0.3) is 5.91 Å². The summed E-state index contributed by atoms with van der Waals surface area (Å²) in [5.74, 6) is -1.04. The van der Waals surface area contributed by atoms with Crippen LogP contribution in [0.4, 0.5) is 4.39 Å². The van der Waals surface area contributed by atoms with Crippen molar-refractivity contribution < 1.29 is 9.18 Å². The third kappa shape index (κ3) is 3.57. The Balaban J connectivity index is 1.60. The lowest BCUT2D eigenvalue weighted by Crippen LogP contribution is -2.29. The molecule has 3 heterocycles.